The van der Waals surface area contributed by atoms with Gasteiger partial charge in [0.05, 0.1) is 18.1 Å². The maximum absolute atomic E-state index is 11.9. The Morgan fingerprint density at radius 2 is 1.58 bits per heavy atom. The molecule has 1 fully saturated rings. The highest BCUT2D eigenvalue weighted by Gasteiger charge is 2.48. The lowest BCUT2D eigenvalue weighted by molar-refractivity contribution is -0.165. The Kier molecular flexibility index (Phi) is 4.86. The lowest BCUT2D eigenvalue weighted by Gasteiger charge is -2.18. The third kappa shape index (κ3) is 3.66. The van der Waals surface area contributed by atoms with Gasteiger partial charge < -0.3 is 9.47 Å². The first kappa shape index (κ1) is 15.4. The van der Waals surface area contributed by atoms with Gasteiger partial charge in [0.2, 0.25) is 0 Å². The second-order valence-corrected chi connectivity index (χ2v) is 5.23. The lowest BCUT2D eigenvalue weighted by atomic mass is 9.95. The maximum Gasteiger partial charge on any atom is 0.318 e. The summed E-state index contributed by atoms with van der Waals surface area (Å²) in [5, 5.41) is 0. The van der Waals surface area contributed by atoms with Crippen molar-refractivity contribution in [1.29, 1.82) is 0 Å². The van der Waals surface area contributed by atoms with Crippen LogP contribution in [-0.2, 0) is 23.9 Å². The molecule has 0 aromatic heterocycles. The summed E-state index contributed by atoms with van der Waals surface area (Å²) in [6.45, 7) is 10.4. The van der Waals surface area contributed by atoms with E-state index < -0.39 is 29.6 Å². The number of carbonyl (C=O) groups excluding carboxylic acids is 3. The number of carbonyl (C=O) groups is 3. The monoisotopic (exact) mass is 268 g/mol. The van der Waals surface area contributed by atoms with E-state index in [4.69, 9.17) is 9.47 Å². The molecule has 0 heterocycles. The van der Waals surface area contributed by atoms with Gasteiger partial charge in [-0.3, -0.25) is 14.4 Å². The first-order valence-corrected chi connectivity index (χ1v) is 6.37. The molecule has 2 unspecified atom stereocenters. The van der Waals surface area contributed by atoms with Crippen LogP contribution < -0.4 is 0 Å². The van der Waals surface area contributed by atoms with Crippen LogP contribution in [0.4, 0.5) is 0 Å². The van der Waals surface area contributed by atoms with E-state index in [1.54, 1.807) is 27.7 Å². The third-order valence-corrected chi connectivity index (χ3v) is 2.76. The smallest absolute Gasteiger partial charge is 0.318 e. The van der Waals surface area contributed by atoms with Crippen molar-refractivity contribution in [1.82, 2.24) is 0 Å². The molecule has 0 N–H and O–H groups in total. The lowest BCUT2D eigenvalue weighted by Crippen LogP contribution is -2.34. The Hall–Kier alpha value is -1.65. The minimum atomic E-state index is -1.11. The highest BCUT2D eigenvalue weighted by Crippen LogP contribution is 2.34. The summed E-state index contributed by atoms with van der Waals surface area (Å²) >= 11 is 0. The highest BCUT2D eigenvalue weighted by atomic mass is 16.6. The Morgan fingerprint density at radius 3 is 2.05 bits per heavy atom. The molecular weight excluding hydrogens is 248 g/mol. The molecular formula is C14H20O5. The van der Waals surface area contributed by atoms with Crippen LogP contribution in [-0.4, -0.2) is 29.9 Å². The zero-order valence-corrected chi connectivity index (χ0v) is 11.8. The van der Waals surface area contributed by atoms with Gasteiger partial charge in [0.25, 0.3) is 0 Å². The fourth-order valence-electron chi connectivity index (χ4n) is 2.00. The Bertz CT molecular complexity index is 408. The van der Waals surface area contributed by atoms with Crippen molar-refractivity contribution in [2.24, 2.45) is 11.8 Å². The number of rotatable bonds is 4. The number of esters is 2. The Labute approximate surface area is 112 Å². The minimum Gasteiger partial charge on any atom is -0.463 e. The molecule has 5 heteroatoms. The summed E-state index contributed by atoms with van der Waals surface area (Å²) < 4.78 is 10.1. The van der Waals surface area contributed by atoms with Crippen molar-refractivity contribution in [2.45, 2.75) is 46.3 Å². The molecule has 19 heavy (non-hydrogen) atoms. The second kappa shape index (κ2) is 5.99. The number of Topliss-reactive ketones (excluding diaryl/α,β-unsaturated/α-hetero) is 1. The normalized spacial score (nSPS) is 23.1. The van der Waals surface area contributed by atoms with Crippen molar-refractivity contribution in [3.63, 3.8) is 0 Å². The van der Waals surface area contributed by atoms with E-state index in [1.165, 1.54) is 0 Å². The topological polar surface area (TPSA) is 69.7 Å². The maximum atomic E-state index is 11.9. The van der Waals surface area contributed by atoms with E-state index in [1.807, 2.05) is 0 Å². The van der Waals surface area contributed by atoms with E-state index in [0.29, 0.717) is 0 Å². The fourth-order valence-corrected chi connectivity index (χ4v) is 2.00. The van der Waals surface area contributed by atoms with Crippen LogP contribution in [0.3, 0.4) is 0 Å². The molecule has 1 rings (SSSR count). The predicted molar refractivity (Wildman–Crippen MR) is 68.2 cm³/mol. The van der Waals surface area contributed by atoms with Crippen LogP contribution >= 0.6 is 0 Å². The van der Waals surface area contributed by atoms with Crippen molar-refractivity contribution in [3.8, 4) is 0 Å². The first-order valence-electron chi connectivity index (χ1n) is 6.37. The van der Waals surface area contributed by atoms with Crippen LogP contribution in [0.1, 0.15) is 34.1 Å². The van der Waals surface area contributed by atoms with Gasteiger partial charge >= 0.3 is 11.9 Å². The second-order valence-electron chi connectivity index (χ2n) is 5.23. The molecule has 1 saturated carbocycles. The first-order chi connectivity index (χ1) is 8.73. The predicted octanol–water partition coefficient (Wildman–Crippen LogP) is 1.65. The molecule has 0 amide bonds. The summed E-state index contributed by atoms with van der Waals surface area (Å²) in [5.41, 5.74) is 0.274. The molecule has 0 bridgehead atoms. The van der Waals surface area contributed by atoms with E-state index >= 15 is 0 Å². The minimum absolute atomic E-state index is 0.155. The highest BCUT2D eigenvalue weighted by molar-refractivity contribution is 6.13. The van der Waals surface area contributed by atoms with Crippen LogP contribution in [0.5, 0.6) is 0 Å². The van der Waals surface area contributed by atoms with Crippen molar-refractivity contribution in [3.05, 3.63) is 12.2 Å². The SMILES string of the molecule is C=C1CC(C(=O)OC(C)C)C(C(=O)OC(C)C)C1=O. The molecule has 1 aliphatic rings. The van der Waals surface area contributed by atoms with Crippen molar-refractivity contribution >= 4 is 17.7 Å². The van der Waals surface area contributed by atoms with Crippen LogP contribution in [0.15, 0.2) is 12.2 Å². The molecule has 0 aliphatic heterocycles. The summed E-state index contributed by atoms with van der Waals surface area (Å²) in [6.07, 6.45) is -0.475. The molecule has 0 aromatic carbocycles. The van der Waals surface area contributed by atoms with E-state index in [2.05, 4.69) is 6.58 Å². The molecule has 0 aromatic rings. The van der Waals surface area contributed by atoms with Crippen molar-refractivity contribution < 1.29 is 23.9 Å². The summed E-state index contributed by atoms with van der Waals surface area (Å²) in [6, 6.07) is 0. The average molecular weight is 268 g/mol. The van der Waals surface area contributed by atoms with Gasteiger partial charge in [0.15, 0.2) is 5.78 Å². The van der Waals surface area contributed by atoms with Gasteiger partial charge in [-0.15, -0.1) is 0 Å². The fraction of sp³-hybridized carbons (Fsp3) is 0.643. The van der Waals surface area contributed by atoms with E-state index in [0.717, 1.165) is 0 Å². The molecule has 0 radical (unpaired) electrons. The van der Waals surface area contributed by atoms with Crippen molar-refractivity contribution in [2.75, 3.05) is 0 Å². The number of allylic oxidation sites excluding steroid dienone is 1. The van der Waals surface area contributed by atoms with Gasteiger partial charge in [0, 0.05) is 0 Å². The third-order valence-electron chi connectivity index (χ3n) is 2.76. The summed E-state index contributed by atoms with van der Waals surface area (Å²) in [7, 11) is 0. The van der Waals surface area contributed by atoms with Gasteiger partial charge in [-0.05, 0) is 39.7 Å². The number of ether oxygens (including phenoxy) is 2. The summed E-state index contributed by atoms with van der Waals surface area (Å²) in [5.74, 6) is -3.57. The molecule has 5 nitrogen and oxygen atoms in total. The molecule has 2 atom stereocenters. The van der Waals surface area contributed by atoms with Gasteiger partial charge in [-0.2, -0.15) is 0 Å². The van der Waals surface area contributed by atoms with Gasteiger partial charge in [-0.25, -0.2) is 0 Å². The quantitative estimate of drug-likeness (QED) is 0.440. The number of ketones is 1. The zero-order chi connectivity index (χ0) is 14.7. The zero-order valence-electron chi connectivity index (χ0n) is 11.8. The molecule has 0 saturated heterocycles. The number of hydrogen-bond acceptors (Lipinski definition) is 5. The van der Waals surface area contributed by atoms with Gasteiger partial charge in [-0.1, -0.05) is 6.58 Å². The van der Waals surface area contributed by atoms with Crippen LogP contribution in [0.2, 0.25) is 0 Å². The van der Waals surface area contributed by atoms with Gasteiger partial charge in [0.1, 0.15) is 5.92 Å². The number of hydrogen-bond donors (Lipinski definition) is 0. The van der Waals surface area contributed by atoms with Crippen LogP contribution in [0, 0.1) is 11.8 Å². The standard InChI is InChI=1S/C14H20O5/c1-7(2)18-13(16)10-6-9(5)12(15)11(10)14(17)19-8(3)4/h7-8,10-11H,5-6H2,1-4H3. The molecule has 1 aliphatic carbocycles. The largest absolute Gasteiger partial charge is 0.463 e. The van der Waals surface area contributed by atoms with E-state index in [9.17, 15) is 14.4 Å². The summed E-state index contributed by atoms with van der Waals surface area (Å²) in [4.78, 5) is 35.8. The van der Waals surface area contributed by atoms with E-state index in [-0.39, 0.29) is 24.2 Å². The Balaban J connectivity index is 2.89. The van der Waals surface area contributed by atoms with Crippen LogP contribution in [0.25, 0.3) is 0 Å². The Morgan fingerprint density at radius 1 is 1.11 bits per heavy atom. The molecule has 106 valence electrons. The molecule has 0 spiro atoms. The average Bonchev–Trinajstić information content (AvgIpc) is 2.53.